The molecule has 0 atom stereocenters. The minimum atomic E-state index is -0.441. The Kier molecular flexibility index (Phi) is 6.93. The Morgan fingerprint density at radius 1 is 1.25 bits per heavy atom. The first-order chi connectivity index (χ1) is 11.3. The Bertz CT molecular complexity index is 534. The number of carbonyl (C=O) groups is 1. The number of piperidine rings is 1. The Morgan fingerprint density at radius 2 is 1.92 bits per heavy atom. The van der Waals surface area contributed by atoms with Crippen LogP contribution >= 0.6 is 11.6 Å². The molecule has 1 fully saturated rings. The number of halogens is 1. The topological polar surface area (TPSA) is 38.8 Å². The molecule has 1 aromatic carbocycles. The van der Waals surface area contributed by atoms with E-state index in [9.17, 15) is 4.79 Å². The highest BCUT2D eigenvalue weighted by Crippen LogP contribution is 2.19. The molecule has 1 aliphatic rings. The van der Waals surface area contributed by atoms with Crippen molar-refractivity contribution in [2.24, 2.45) is 0 Å². The molecule has 24 heavy (non-hydrogen) atoms. The van der Waals surface area contributed by atoms with Gasteiger partial charge < -0.3 is 14.4 Å². The molecule has 1 amide bonds. The average Bonchev–Trinajstić information content (AvgIpc) is 2.52. The first-order valence-electron chi connectivity index (χ1n) is 8.68. The lowest BCUT2D eigenvalue weighted by Gasteiger charge is -2.33. The standard InChI is InChI=1S/C19H28ClNO3/c1-19(2,3)24-18(22)21-12-10-16(11-13-21)23-14-6-8-15-7-4-5-9-17(15)20/h4-5,7,9,16H,6,8,10-14H2,1-3H3. The van der Waals surface area contributed by atoms with E-state index in [1.807, 2.05) is 39.0 Å². The molecule has 1 aliphatic heterocycles. The fourth-order valence-corrected chi connectivity index (χ4v) is 2.98. The molecule has 0 aromatic heterocycles. The van der Waals surface area contributed by atoms with Crippen LogP contribution in [0.1, 0.15) is 45.6 Å². The van der Waals surface area contributed by atoms with Crippen LogP contribution in [0.4, 0.5) is 4.79 Å². The van der Waals surface area contributed by atoms with Gasteiger partial charge in [-0.2, -0.15) is 0 Å². The zero-order valence-corrected chi connectivity index (χ0v) is 15.6. The van der Waals surface area contributed by atoms with Gasteiger partial charge in [0.2, 0.25) is 0 Å². The summed E-state index contributed by atoms with van der Waals surface area (Å²) in [4.78, 5) is 13.8. The van der Waals surface area contributed by atoms with Gasteiger partial charge in [0.1, 0.15) is 5.60 Å². The van der Waals surface area contributed by atoms with Crippen LogP contribution in [0.3, 0.4) is 0 Å². The molecule has 5 heteroatoms. The number of hydrogen-bond donors (Lipinski definition) is 0. The fourth-order valence-electron chi connectivity index (χ4n) is 2.75. The highest BCUT2D eigenvalue weighted by Gasteiger charge is 2.26. The summed E-state index contributed by atoms with van der Waals surface area (Å²) in [6, 6.07) is 7.93. The van der Waals surface area contributed by atoms with Crippen molar-refractivity contribution < 1.29 is 14.3 Å². The minimum absolute atomic E-state index is 0.223. The lowest BCUT2D eigenvalue weighted by molar-refractivity contribution is -0.0117. The second kappa shape index (κ2) is 8.72. The van der Waals surface area contributed by atoms with Gasteiger partial charge in [-0.05, 0) is 58.1 Å². The number of amides is 1. The number of nitrogens with zero attached hydrogens (tertiary/aromatic N) is 1. The number of likely N-dealkylation sites (tertiary alicyclic amines) is 1. The minimum Gasteiger partial charge on any atom is -0.444 e. The van der Waals surface area contributed by atoms with Crippen LogP contribution in [0.2, 0.25) is 5.02 Å². The predicted octanol–water partition coefficient (Wildman–Crippen LogP) is 4.69. The zero-order valence-electron chi connectivity index (χ0n) is 14.9. The molecule has 0 aliphatic carbocycles. The van der Waals surface area contributed by atoms with E-state index >= 15 is 0 Å². The Hall–Kier alpha value is -1.26. The maximum Gasteiger partial charge on any atom is 0.410 e. The second-order valence-corrected chi connectivity index (χ2v) is 7.64. The smallest absolute Gasteiger partial charge is 0.410 e. The lowest BCUT2D eigenvalue weighted by Crippen LogP contribution is -2.43. The maximum absolute atomic E-state index is 12.0. The molecule has 0 radical (unpaired) electrons. The third-order valence-electron chi connectivity index (χ3n) is 4.00. The van der Waals surface area contributed by atoms with Gasteiger partial charge in [0.25, 0.3) is 0 Å². The van der Waals surface area contributed by atoms with Crippen molar-refractivity contribution in [3.63, 3.8) is 0 Å². The van der Waals surface area contributed by atoms with E-state index in [0.717, 1.165) is 37.3 Å². The summed E-state index contributed by atoms with van der Waals surface area (Å²) in [5, 5.41) is 0.822. The Morgan fingerprint density at radius 3 is 2.54 bits per heavy atom. The van der Waals surface area contributed by atoms with E-state index in [1.54, 1.807) is 4.90 Å². The fraction of sp³-hybridized carbons (Fsp3) is 0.632. The van der Waals surface area contributed by atoms with E-state index in [4.69, 9.17) is 21.1 Å². The van der Waals surface area contributed by atoms with Crippen LogP contribution in [0, 0.1) is 0 Å². The summed E-state index contributed by atoms with van der Waals surface area (Å²) in [5.41, 5.74) is 0.728. The van der Waals surface area contributed by atoms with Crippen LogP contribution in [-0.2, 0) is 15.9 Å². The van der Waals surface area contributed by atoms with E-state index in [-0.39, 0.29) is 12.2 Å². The molecule has 1 heterocycles. The van der Waals surface area contributed by atoms with Crippen LogP contribution in [-0.4, -0.2) is 42.4 Å². The normalized spacial score (nSPS) is 16.2. The largest absolute Gasteiger partial charge is 0.444 e. The second-order valence-electron chi connectivity index (χ2n) is 7.23. The number of rotatable bonds is 5. The number of aryl methyl sites for hydroxylation is 1. The van der Waals surface area contributed by atoms with Crippen molar-refractivity contribution in [1.82, 2.24) is 4.90 Å². The van der Waals surface area contributed by atoms with Gasteiger partial charge in [-0.15, -0.1) is 0 Å². The van der Waals surface area contributed by atoms with Crippen molar-refractivity contribution in [2.75, 3.05) is 19.7 Å². The van der Waals surface area contributed by atoms with Gasteiger partial charge >= 0.3 is 6.09 Å². The first kappa shape index (κ1) is 19.1. The summed E-state index contributed by atoms with van der Waals surface area (Å²) in [6.45, 7) is 7.79. The van der Waals surface area contributed by atoms with E-state index in [0.29, 0.717) is 13.1 Å². The third-order valence-corrected chi connectivity index (χ3v) is 4.36. The first-order valence-corrected chi connectivity index (χ1v) is 9.06. The molecule has 0 bridgehead atoms. The SMILES string of the molecule is CC(C)(C)OC(=O)N1CCC(OCCCc2ccccc2Cl)CC1. The van der Waals surface area contributed by atoms with Crippen molar-refractivity contribution in [3.05, 3.63) is 34.9 Å². The molecule has 1 aromatic rings. The van der Waals surface area contributed by atoms with Crippen LogP contribution in [0.15, 0.2) is 24.3 Å². The summed E-state index contributed by atoms with van der Waals surface area (Å²) in [6.07, 6.45) is 3.62. The lowest BCUT2D eigenvalue weighted by atomic mass is 10.1. The third kappa shape index (κ3) is 6.33. The van der Waals surface area contributed by atoms with Gasteiger partial charge in [0, 0.05) is 24.7 Å². The Balaban J connectivity index is 1.63. The van der Waals surface area contributed by atoms with Gasteiger partial charge in [0.15, 0.2) is 0 Å². The van der Waals surface area contributed by atoms with E-state index in [1.165, 1.54) is 5.56 Å². The van der Waals surface area contributed by atoms with E-state index in [2.05, 4.69) is 6.07 Å². The zero-order chi connectivity index (χ0) is 17.6. The van der Waals surface area contributed by atoms with Crippen molar-refractivity contribution >= 4 is 17.7 Å². The summed E-state index contributed by atoms with van der Waals surface area (Å²) in [7, 11) is 0. The molecule has 134 valence electrons. The number of carbonyl (C=O) groups excluding carboxylic acids is 1. The maximum atomic E-state index is 12.0. The number of ether oxygens (including phenoxy) is 2. The Labute approximate surface area is 150 Å². The predicted molar refractivity (Wildman–Crippen MR) is 96.6 cm³/mol. The van der Waals surface area contributed by atoms with Gasteiger partial charge in [-0.1, -0.05) is 29.8 Å². The average molecular weight is 354 g/mol. The van der Waals surface area contributed by atoms with Gasteiger partial charge in [-0.25, -0.2) is 4.79 Å². The summed E-state index contributed by atoms with van der Waals surface area (Å²) < 4.78 is 11.4. The quantitative estimate of drug-likeness (QED) is 0.721. The molecule has 2 rings (SSSR count). The van der Waals surface area contributed by atoms with Gasteiger partial charge in [-0.3, -0.25) is 0 Å². The van der Waals surface area contributed by atoms with Gasteiger partial charge in [0.05, 0.1) is 6.10 Å². The molecule has 4 nitrogen and oxygen atoms in total. The highest BCUT2D eigenvalue weighted by atomic mass is 35.5. The monoisotopic (exact) mass is 353 g/mol. The summed E-state index contributed by atoms with van der Waals surface area (Å²) in [5.74, 6) is 0. The molecule has 0 N–H and O–H groups in total. The highest BCUT2D eigenvalue weighted by molar-refractivity contribution is 6.31. The van der Waals surface area contributed by atoms with Crippen LogP contribution < -0.4 is 0 Å². The van der Waals surface area contributed by atoms with E-state index < -0.39 is 5.60 Å². The molecule has 0 spiro atoms. The van der Waals surface area contributed by atoms with Crippen molar-refractivity contribution in [1.29, 1.82) is 0 Å². The molecule has 1 saturated heterocycles. The summed E-state index contributed by atoms with van der Waals surface area (Å²) >= 11 is 6.15. The van der Waals surface area contributed by atoms with Crippen molar-refractivity contribution in [2.45, 2.75) is 58.2 Å². The number of hydrogen-bond acceptors (Lipinski definition) is 3. The molecule has 0 saturated carbocycles. The molecular weight excluding hydrogens is 326 g/mol. The van der Waals surface area contributed by atoms with Crippen LogP contribution in [0.25, 0.3) is 0 Å². The number of benzene rings is 1. The molecular formula is C19H28ClNO3. The van der Waals surface area contributed by atoms with Crippen molar-refractivity contribution in [3.8, 4) is 0 Å². The molecule has 0 unspecified atom stereocenters. The van der Waals surface area contributed by atoms with Crippen LogP contribution in [0.5, 0.6) is 0 Å².